The summed E-state index contributed by atoms with van der Waals surface area (Å²) in [6, 6.07) is 61.4. The molecule has 0 aliphatic heterocycles. The van der Waals surface area contributed by atoms with Gasteiger partial charge in [-0.15, -0.1) is 0 Å². The molecule has 51 heavy (non-hydrogen) atoms. The van der Waals surface area contributed by atoms with Gasteiger partial charge in [-0.3, -0.25) is 0 Å². The molecular weight excluding hydrogens is 613 g/mol. The average Bonchev–Trinajstić information content (AvgIpc) is 3.59. The van der Waals surface area contributed by atoms with Gasteiger partial charge in [-0.05, 0) is 119 Å². The average molecular weight is 655 g/mol. The van der Waals surface area contributed by atoms with Crippen molar-refractivity contribution in [1.82, 2.24) is 0 Å². The van der Waals surface area contributed by atoms with Crippen molar-refractivity contribution >= 4 is 21.5 Å². The standard InChI is InChI=1S/C49H36.C2H6/c1-48(2)43-20-11-21-44(46(43)41-18-10-17-38(47(41)48)37-25-23-32-13-5-7-15-34(32)29-37)49(3)42-19-9-8-16-39(42)40-27-26-36(30-45(40)49)35-24-22-31-12-4-6-14-33(31)28-35;1-2/h4-30H,1-3H3;1-2H3. The highest BCUT2D eigenvalue weighted by Crippen LogP contribution is 2.60. The van der Waals surface area contributed by atoms with Crippen LogP contribution in [0.1, 0.15) is 62.4 Å². The first-order valence-corrected chi connectivity index (χ1v) is 18.4. The maximum Gasteiger partial charge on any atom is 0.0442 e. The highest BCUT2D eigenvalue weighted by Gasteiger charge is 2.46. The molecule has 2 aliphatic carbocycles. The molecule has 0 saturated carbocycles. The molecule has 0 heterocycles. The van der Waals surface area contributed by atoms with E-state index in [4.69, 9.17) is 0 Å². The molecule has 8 aromatic carbocycles. The Morgan fingerprint density at radius 2 is 0.824 bits per heavy atom. The van der Waals surface area contributed by atoms with Crippen molar-refractivity contribution in [2.24, 2.45) is 0 Å². The summed E-state index contributed by atoms with van der Waals surface area (Å²) in [5, 5.41) is 5.10. The number of hydrogen-bond donors (Lipinski definition) is 0. The minimum absolute atomic E-state index is 0.160. The van der Waals surface area contributed by atoms with Crippen molar-refractivity contribution < 1.29 is 0 Å². The van der Waals surface area contributed by atoms with E-state index in [1.807, 2.05) is 13.8 Å². The molecular formula is C51H42. The van der Waals surface area contributed by atoms with Crippen molar-refractivity contribution in [3.63, 3.8) is 0 Å². The van der Waals surface area contributed by atoms with Crippen LogP contribution in [-0.4, -0.2) is 0 Å². The van der Waals surface area contributed by atoms with Crippen LogP contribution in [0.15, 0.2) is 164 Å². The zero-order valence-electron chi connectivity index (χ0n) is 30.1. The van der Waals surface area contributed by atoms with Crippen LogP contribution in [0.3, 0.4) is 0 Å². The van der Waals surface area contributed by atoms with Gasteiger partial charge in [0.15, 0.2) is 0 Å². The highest BCUT2D eigenvalue weighted by molar-refractivity contribution is 5.96. The molecule has 0 radical (unpaired) electrons. The Hall–Kier alpha value is -5.72. The molecule has 0 spiro atoms. The Morgan fingerprint density at radius 1 is 0.333 bits per heavy atom. The zero-order valence-corrected chi connectivity index (χ0v) is 30.1. The van der Waals surface area contributed by atoms with E-state index in [1.165, 1.54) is 93.9 Å². The van der Waals surface area contributed by atoms with E-state index >= 15 is 0 Å². The zero-order chi connectivity index (χ0) is 34.9. The van der Waals surface area contributed by atoms with E-state index in [2.05, 4.69) is 185 Å². The van der Waals surface area contributed by atoms with E-state index in [0.29, 0.717) is 0 Å². The minimum Gasteiger partial charge on any atom is -0.0683 e. The van der Waals surface area contributed by atoms with Gasteiger partial charge in [-0.1, -0.05) is 173 Å². The van der Waals surface area contributed by atoms with Crippen LogP contribution in [0.4, 0.5) is 0 Å². The van der Waals surface area contributed by atoms with Crippen LogP contribution in [0.25, 0.3) is 66.1 Å². The summed E-state index contributed by atoms with van der Waals surface area (Å²) < 4.78 is 0. The molecule has 0 fully saturated rings. The summed E-state index contributed by atoms with van der Waals surface area (Å²) in [4.78, 5) is 0. The van der Waals surface area contributed by atoms with Crippen LogP contribution in [0, 0.1) is 0 Å². The van der Waals surface area contributed by atoms with Crippen molar-refractivity contribution in [2.45, 2.75) is 45.4 Å². The fourth-order valence-electron chi connectivity index (χ4n) is 9.28. The third-order valence-electron chi connectivity index (χ3n) is 11.7. The molecule has 0 amide bonds. The molecule has 0 saturated heterocycles. The lowest BCUT2D eigenvalue weighted by molar-refractivity contribution is 0.658. The lowest BCUT2D eigenvalue weighted by Gasteiger charge is -2.31. The van der Waals surface area contributed by atoms with Crippen LogP contribution < -0.4 is 0 Å². The summed E-state index contributed by atoms with van der Waals surface area (Å²) >= 11 is 0. The van der Waals surface area contributed by atoms with Gasteiger partial charge in [-0.2, -0.15) is 0 Å². The predicted octanol–water partition coefficient (Wildman–Crippen LogP) is 14.0. The molecule has 246 valence electrons. The van der Waals surface area contributed by atoms with Gasteiger partial charge < -0.3 is 0 Å². The van der Waals surface area contributed by atoms with Gasteiger partial charge in [0.05, 0.1) is 0 Å². The molecule has 0 bridgehead atoms. The van der Waals surface area contributed by atoms with E-state index in [1.54, 1.807) is 0 Å². The minimum atomic E-state index is -0.333. The summed E-state index contributed by atoms with van der Waals surface area (Å²) in [6.07, 6.45) is 0. The molecule has 1 unspecified atom stereocenters. The van der Waals surface area contributed by atoms with E-state index < -0.39 is 0 Å². The molecule has 10 rings (SSSR count). The normalized spacial score (nSPS) is 16.2. The summed E-state index contributed by atoms with van der Waals surface area (Å²) in [5.41, 5.74) is 17.0. The lowest BCUT2D eigenvalue weighted by Crippen LogP contribution is -2.24. The second-order valence-corrected chi connectivity index (χ2v) is 14.6. The summed E-state index contributed by atoms with van der Waals surface area (Å²) in [5.74, 6) is 0. The van der Waals surface area contributed by atoms with Gasteiger partial charge >= 0.3 is 0 Å². The van der Waals surface area contributed by atoms with Crippen LogP contribution in [0.5, 0.6) is 0 Å². The van der Waals surface area contributed by atoms with Gasteiger partial charge in [0, 0.05) is 10.8 Å². The molecule has 0 nitrogen and oxygen atoms in total. The first-order chi connectivity index (χ1) is 24.9. The second kappa shape index (κ2) is 11.7. The maximum absolute atomic E-state index is 2.48. The Labute approximate surface area is 302 Å². The van der Waals surface area contributed by atoms with Crippen molar-refractivity contribution in [3.8, 4) is 44.5 Å². The van der Waals surface area contributed by atoms with Gasteiger partial charge in [0.25, 0.3) is 0 Å². The fraction of sp³-hybridized carbons (Fsp3) is 0.137. The second-order valence-electron chi connectivity index (χ2n) is 14.6. The Balaban J connectivity index is 0.00000171. The molecule has 0 aromatic heterocycles. The monoisotopic (exact) mass is 654 g/mol. The van der Waals surface area contributed by atoms with Crippen molar-refractivity contribution in [1.29, 1.82) is 0 Å². The molecule has 8 aromatic rings. The summed E-state index contributed by atoms with van der Waals surface area (Å²) in [7, 11) is 0. The first kappa shape index (κ1) is 31.3. The molecule has 0 N–H and O–H groups in total. The topological polar surface area (TPSA) is 0 Å². The van der Waals surface area contributed by atoms with E-state index in [-0.39, 0.29) is 10.8 Å². The number of hydrogen-bond acceptors (Lipinski definition) is 0. The fourth-order valence-corrected chi connectivity index (χ4v) is 9.28. The molecule has 1 atom stereocenters. The third kappa shape index (κ3) is 4.52. The number of fused-ring (bicyclic) bond motifs is 8. The molecule has 2 aliphatic rings. The van der Waals surface area contributed by atoms with E-state index in [9.17, 15) is 0 Å². The van der Waals surface area contributed by atoms with Crippen LogP contribution >= 0.6 is 0 Å². The first-order valence-electron chi connectivity index (χ1n) is 18.4. The van der Waals surface area contributed by atoms with Crippen LogP contribution in [-0.2, 0) is 10.8 Å². The third-order valence-corrected chi connectivity index (χ3v) is 11.7. The summed E-state index contributed by atoms with van der Waals surface area (Å²) in [6.45, 7) is 11.3. The predicted molar refractivity (Wildman–Crippen MR) is 219 cm³/mol. The number of benzene rings is 8. The SMILES string of the molecule is CC.CC1(C)c2cccc(C3(C)c4ccccc4-c4ccc(-c5ccc6ccccc6c5)cc43)c2-c2cccc(-c3ccc4ccccc4c3)c21. The van der Waals surface area contributed by atoms with Crippen molar-refractivity contribution in [2.75, 3.05) is 0 Å². The van der Waals surface area contributed by atoms with E-state index in [0.717, 1.165) is 0 Å². The van der Waals surface area contributed by atoms with Crippen molar-refractivity contribution in [3.05, 3.63) is 192 Å². The smallest absolute Gasteiger partial charge is 0.0442 e. The Morgan fingerprint density at radius 3 is 1.57 bits per heavy atom. The quantitative estimate of drug-likeness (QED) is 0.178. The lowest BCUT2D eigenvalue weighted by atomic mass is 9.70. The van der Waals surface area contributed by atoms with Crippen LogP contribution in [0.2, 0.25) is 0 Å². The number of rotatable bonds is 3. The van der Waals surface area contributed by atoms with Gasteiger partial charge in [0.1, 0.15) is 0 Å². The maximum atomic E-state index is 2.48. The van der Waals surface area contributed by atoms with Gasteiger partial charge in [0.2, 0.25) is 0 Å². The highest BCUT2D eigenvalue weighted by atomic mass is 14.5. The Bertz CT molecular complexity index is 2650. The molecule has 0 heteroatoms. The Kier molecular flexibility index (Phi) is 7.16. The largest absolute Gasteiger partial charge is 0.0683 e. The van der Waals surface area contributed by atoms with Gasteiger partial charge in [-0.25, -0.2) is 0 Å².